The molecule has 2 aliphatic rings. The number of fused-ring (bicyclic) bond motifs is 2. The number of allylic oxidation sites excluding steroid dienone is 2. The first-order chi connectivity index (χ1) is 25.6. The van der Waals surface area contributed by atoms with Crippen molar-refractivity contribution >= 4 is 32.8 Å². The second kappa shape index (κ2) is 14.2. The van der Waals surface area contributed by atoms with Crippen molar-refractivity contribution in [1.29, 1.82) is 0 Å². The van der Waals surface area contributed by atoms with Crippen molar-refractivity contribution in [3.05, 3.63) is 165 Å². The quantitative estimate of drug-likeness (QED) is 0.132. The van der Waals surface area contributed by atoms with Crippen LogP contribution in [0.4, 0.5) is 0 Å². The van der Waals surface area contributed by atoms with Crippen LogP contribution in [0.15, 0.2) is 106 Å². The molecule has 2 unspecified atom stereocenters. The average molecular weight is 711 g/mol. The van der Waals surface area contributed by atoms with Crippen LogP contribution in [0.5, 0.6) is 0 Å². The van der Waals surface area contributed by atoms with Crippen molar-refractivity contribution in [3.63, 3.8) is 0 Å². The number of aryl methyl sites for hydroxylation is 4. The predicted octanol–water partition coefficient (Wildman–Crippen LogP) is 14.2. The lowest BCUT2D eigenvalue weighted by Crippen LogP contribution is -2.08. The van der Waals surface area contributed by atoms with E-state index in [1.54, 1.807) is 0 Å². The highest BCUT2D eigenvalue weighted by Gasteiger charge is 2.34. The first-order valence-corrected chi connectivity index (χ1v) is 20.7. The molecule has 0 saturated heterocycles. The highest BCUT2D eigenvalue weighted by Crippen LogP contribution is 2.51. The smallest absolute Gasteiger partial charge is 0.130 e. The van der Waals surface area contributed by atoms with Gasteiger partial charge < -0.3 is 8.83 Å². The maximum atomic E-state index is 6.35. The van der Waals surface area contributed by atoms with E-state index in [2.05, 4.69) is 151 Å². The second-order valence-electron chi connectivity index (χ2n) is 15.9. The minimum Gasteiger partial charge on any atom is -0.462 e. The summed E-state index contributed by atoms with van der Waals surface area (Å²) >= 11 is 0. The Hall–Kier alpha value is -4.86. The zero-order valence-corrected chi connectivity index (χ0v) is 33.4. The summed E-state index contributed by atoms with van der Waals surface area (Å²) in [7, 11) is 0.746. The lowest BCUT2D eigenvalue weighted by atomic mass is 9.89. The van der Waals surface area contributed by atoms with E-state index in [0.717, 1.165) is 44.6 Å². The molecule has 2 aromatic heterocycles. The first-order valence-electron chi connectivity index (χ1n) is 19.3. The summed E-state index contributed by atoms with van der Waals surface area (Å²) in [5.74, 6) is 5.46. The van der Waals surface area contributed by atoms with Crippen LogP contribution in [0.3, 0.4) is 0 Å². The average Bonchev–Trinajstić information content (AvgIpc) is 3.94. The highest BCUT2D eigenvalue weighted by molar-refractivity contribution is 6.37. The molecule has 0 spiro atoms. The van der Waals surface area contributed by atoms with Crippen molar-refractivity contribution < 1.29 is 8.83 Å². The molecule has 0 N–H and O–H groups in total. The number of hydrogen-bond acceptors (Lipinski definition) is 2. The van der Waals surface area contributed by atoms with Gasteiger partial charge in [0.2, 0.25) is 0 Å². The molecule has 266 valence electrons. The van der Waals surface area contributed by atoms with Gasteiger partial charge in [-0.05, 0) is 155 Å². The van der Waals surface area contributed by atoms with Crippen molar-refractivity contribution in [2.24, 2.45) is 0 Å². The Labute approximate surface area is 318 Å². The minimum atomic E-state index is 0.274. The van der Waals surface area contributed by atoms with Crippen LogP contribution in [-0.2, 0) is 0 Å². The van der Waals surface area contributed by atoms with Gasteiger partial charge in [-0.2, -0.15) is 0 Å². The van der Waals surface area contributed by atoms with Crippen LogP contribution >= 0.6 is 0 Å². The van der Waals surface area contributed by atoms with Gasteiger partial charge in [-0.15, -0.1) is 0 Å². The van der Waals surface area contributed by atoms with E-state index in [9.17, 15) is 0 Å². The maximum Gasteiger partial charge on any atom is 0.130 e. The Morgan fingerprint density at radius 1 is 0.491 bits per heavy atom. The summed E-state index contributed by atoms with van der Waals surface area (Å²) in [6.07, 6.45) is 4.87. The first kappa shape index (κ1) is 35.2. The van der Waals surface area contributed by atoms with E-state index >= 15 is 0 Å². The molecular formula is C50H50O2Si. The Bertz CT molecular complexity index is 2190. The lowest BCUT2D eigenvalue weighted by molar-refractivity contribution is 0.518. The van der Waals surface area contributed by atoms with Crippen LogP contribution < -0.4 is 0 Å². The molecule has 2 heterocycles. The van der Waals surface area contributed by atoms with E-state index in [-0.39, 0.29) is 11.8 Å². The van der Waals surface area contributed by atoms with Crippen molar-refractivity contribution in [3.8, 4) is 22.3 Å². The summed E-state index contributed by atoms with van der Waals surface area (Å²) in [5, 5.41) is 0. The second-order valence-corrected chi connectivity index (χ2v) is 17.2. The summed E-state index contributed by atoms with van der Waals surface area (Å²) < 4.78 is 12.7. The van der Waals surface area contributed by atoms with E-state index < -0.39 is 0 Å². The molecule has 2 radical (unpaired) electrons. The van der Waals surface area contributed by atoms with Crippen molar-refractivity contribution in [1.82, 2.24) is 0 Å². The molecule has 2 atom stereocenters. The molecule has 0 bridgehead atoms. The fourth-order valence-electron chi connectivity index (χ4n) is 8.57. The molecule has 0 saturated carbocycles. The third-order valence-corrected chi connectivity index (χ3v) is 12.9. The molecule has 0 fully saturated rings. The van der Waals surface area contributed by atoms with Gasteiger partial charge in [0.15, 0.2) is 0 Å². The molecular weight excluding hydrogens is 661 g/mol. The molecule has 4 aromatic carbocycles. The number of benzene rings is 4. The third kappa shape index (κ3) is 6.54. The summed E-state index contributed by atoms with van der Waals surface area (Å²) in [6, 6.07) is 38.5. The van der Waals surface area contributed by atoms with Crippen molar-refractivity contribution in [2.75, 3.05) is 0 Å². The van der Waals surface area contributed by atoms with Crippen LogP contribution in [0, 0.1) is 27.7 Å². The van der Waals surface area contributed by atoms with Crippen LogP contribution in [0.25, 0.3) is 45.6 Å². The van der Waals surface area contributed by atoms with Gasteiger partial charge in [0.25, 0.3) is 0 Å². The predicted molar refractivity (Wildman–Crippen MR) is 225 cm³/mol. The normalized spacial score (nSPS) is 16.3. The van der Waals surface area contributed by atoms with Crippen LogP contribution in [-0.4, -0.2) is 9.52 Å². The Kier molecular flexibility index (Phi) is 9.41. The van der Waals surface area contributed by atoms with Gasteiger partial charge >= 0.3 is 0 Å². The number of hydrogen-bond donors (Lipinski definition) is 0. The van der Waals surface area contributed by atoms with E-state index in [1.165, 1.54) is 77.9 Å². The van der Waals surface area contributed by atoms with Crippen molar-refractivity contribution in [2.45, 2.75) is 91.1 Å². The minimum absolute atomic E-state index is 0.274. The topological polar surface area (TPSA) is 26.3 Å². The number of rotatable bonds is 10. The largest absolute Gasteiger partial charge is 0.462 e. The standard InChI is InChI=1S/C50H50O2Si/c1-29(2)35-13-17-37(18-14-35)49-31(5)9-21-39-43(49)25-41(47-23-11-33(7)51-47)45(39)27-53-28-46-40-22-10-32(6)50(38-19-15-36(16-20-38)30(3)4)44(40)26-42(46)48-24-12-34(8)52-48/h9-26,29-30,45-46H,27-28H2,1-8H3. The van der Waals surface area contributed by atoms with Gasteiger partial charge in [-0.3, -0.25) is 0 Å². The SMILES string of the molecule is Cc1ccc(C2=Cc3c(ccc(C)c3-c3ccc(C(C)C)cc3)C2C[Si]CC2C(c3ccc(C)o3)=Cc3c2ccc(C)c3-c2ccc(C(C)C)cc2)o1. The van der Waals surface area contributed by atoms with E-state index in [4.69, 9.17) is 8.83 Å². The molecule has 2 nitrogen and oxygen atoms in total. The molecule has 0 amide bonds. The van der Waals surface area contributed by atoms with Gasteiger partial charge in [0.1, 0.15) is 23.0 Å². The molecule has 6 aromatic rings. The third-order valence-electron chi connectivity index (χ3n) is 11.6. The molecule has 0 aliphatic heterocycles. The van der Waals surface area contributed by atoms with Crippen LogP contribution in [0.2, 0.25) is 12.1 Å². The Morgan fingerprint density at radius 2 is 0.887 bits per heavy atom. The van der Waals surface area contributed by atoms with Gasteiger partial charge in [-0.25, -0.2) is 0 Å². The molecule has 2 aliphatic carbocycles. The van der Waals surface area contributed by atoms with Gasteiger partial charge in [-0.1, -0.05) is 100 Å². The summed E-state index contributed by atoms with van der Waals surface area (Å²) in [5.41, 5.74) is 18.8. The van der Waals surface area contributed by atoms with Gasteiger partial charge in [0, 0.05) is 32.5 Å². The zero-order chi connectivity index (χ0) is 37.0. The molecule has 8 rings (SSSR count). The van der Waals surface area contributed by atoms with Gasteiger partial charge in [0.05, 0.1) is 0 Å². The zero-order valence-electron chi connectivity index (χ0n) is 32.4. The van der Waals surface area contributed by atoms with E-state index in [0.29, 0.717) is 11.8 Å². The highest BCUT2D eigenvalue weighted by atomic mass is 28.2. The fourth-order valence-corrected chi connectivity index (χ4v) is 10.2. The monoisotopic (exact) mass is 710 g/mol. The summed E-state index contributed by atoms with van der Waals surface area (Å²) in [4.78, 5) is 0. The fraction of sp³-hybridized carbons (Fsp3) is 0.280. The van der Waals surface area contributed by atoms with Crippen LogP contribution in [0.1, 0.15) is 119 Å². The Balaban J connectivity index is 1.14. The Morgan fingerprint density at radius 3 is 1.23 bits per heavy atom. The number of furan rings is 2. The summed E-state index contributed by atoms with van der Waals surface area (Å²) in [6.45, 7) is 17.6. The van der Waals surface area contributed by atoms with E-state index in [1.807, 2.05) is 13.8 Å². The lowest BCUT2D eigenvalue weighted by Gasteiger charge is -2.21. The molecule has 53 heavy (non-hydrogen) atoms. The molecule has 3 heteroatoms. The maximum absolute atomic E-state index is 6.35.